The van der Waals surface area contributed by atoms with Gasteiger partial charge in [-0.05, 0) is 67.6 Å². The average Bonchev–Trinajstić information content (AvgIpc) is 3.32. The van der Waals surface area contributed by atoms with Gasteiger partial charge in [0.25, 0.3) is 0 Å². The average molecular weight is 495 g/mol. The van der Waals surface area contributed by atoms with E-state index in [4.69, 9.17) is 5.26 Å². The topological polar surface area (TPSA) is 84.7 Å². The van der Waals surface area contributed by atoms with Crippen LogP contribution in [0.15, 0.2) is 53.4 Å². The number of aryl methyl sites for hydroxylation is 1. The molecule has 2 aliphatic rings. The standard InChI is InChI=1S/C27H34N4O3S/c28-22-24-6-11-25(12-7-24)29-16-5-17-30(21-20-29)27(32)15-10-23-8-13-26(14-9-23)35(33,34)31-18-3-1-2-4-19-31/h6-9,11-14H,1-5,10,15-21H2. The normalized spacial score (nSPS) is 17.9. The molecule has 2 aromatic rings. The molecule has 0 bridgehead atoms. The first kappa shape index (κ1) is 25.2. The smallest absolute Gasteiger partial charge is 0.243 e. The van der Waals surface area contributed by atoms with Crippen molar-refractivity contribution in [1.29, 1.82) is 5.26 Å². The Hall–Kier alpha value is -2.89. The van der Waals surface area contributed by atoms with Crippen LogP contribution in [0.3, 0.4) is 0 Å². The van der Waals surface area contributed by atoms with Crippen LogP contribution in [0, 0.1) is 11.3 Å². The molecule has 2 fully saturated rings. The molecule has 0 N–H and O–H groups in total. The summed E-state index contributed by atoms with van der Waals surface area (Å²) in [6.45, 7) is 4.24. The van der Waals surface area contributed by atoms with E-state index in [0.29, 0.717) is 42.9 Å². The molecule has 0 saturated carbocycles. The highest BCUT2D eigenvalue weighted by Gasteiger charge is 2.25. The summed E-state index contributed by atoms with van der Waals surface area (Å²) in [4.78, 5) is 17.4. The molecule has 1 amide bonds. The van der Waals surface area contributed by atoms with Gasteiger partial charge in [0.1, 0.15) is 0 Å². The summed E-state index contributed by atoms with van der Waals surface area (Å²) in [5, 5.41) is 8.99. The second kappa shape index (κ2) is 11.7. The van der Waals surface area contributed by atoms with Crippen LogP contribution >= 0.6 is 0 Å². The Morgan fingerprint density at radius 3 is 2.14 bits per heavy atom. The molecule has 2 saturated heterocycles. The number of hydrogen-bond donors (Lipinski definition) is 0. The zero-order chi connectivity index (χ0) is 24.7. The Bertz CT molecular complexity index is 1130. The Morgan fingerprint density at radius 2 is 1.49 bits per heavy atom. The molecule has 0 radical (unpaired) electrons. The van der Waals surface area contributed by atoms with Crippen molar-refractivity contribution < 1.29 is 13.2 Å². The molecular weight excluding hydrogens is 460 g/mol. The lowest BCUT2D eigenvalue weighted by atomic mass is 10.1. The maximum Gasteiger partial charge on any atom is 0.243 e. The molecule has 35 heavy (non-hydrogen) atoms. The third-order valence-electron chi connectivity index (χ3n) is 6.96. The highest BCUT2D eigenvalue weighted by atomic mass is 32.2. The van der Waals surface area contributed by atoms with Crippen molar-refractivity contribution in [2.45, 2.75) is 49.8 Å². The first-order valence-electron chi connectivity index (χ1n) is 12.6. The predicted molar refractivity (Wildman–Crippen MR) is 137 cm³/mol. The molecule has 0 spiro atoms. The van der Waals surface area contributed by atoms with E-state index in [-0.39, 0.29) is 5.91 Å². The molecule has 2 aromatic carbocycles. The van der Waals surface area contributed by atoms with Crippen molar-refractivity contribution in [2.24, 2.45) is 0 Å². The van der Waals surface area contributed by atoms with E-state index >= 15 is 0 Å². The number of amides is 1. The van der Waals surface area contributed by atoms with E-state index in [0.717, 1.165) is 63.0 Å². The van der Waals surface area contributed by atoms with E-state index in [9.17, 15) is 13.2 Å². The molecule has 0 unspecified atom stereocenters. The maximum absolute atomic E-state index is 13.0. The first-order valence-corrected chi connectivity index (χ1v) is 14.0. The highest BCUT2D eigenvalue weighted by molar-refractivity contribution is 7.89. The van der Waals surface area contributed by atoms with Crippen LogP contribution in [0.5, 0.6) is 0 Å². The summed E-state index contributed by atoms with van der Waals surface area (Å²) in [5.74, 6) is 0.132. The molecular formula is C27H34N4O3S. The molecule has 0 aromatic heterocycles. The van der Waals surface area contributed by atoms with Gasteiger partial charge in [-0.25, -0.2) is 8.42 Å². The SMILES string of the molecule is N#Cc1ccc(N2CCCN(C(=O)CCc3ccc(S(=O)(=O)N4CCCCCC4)cc3)CC2)cc1. The second-order valence-electron chi connectivity index (χ2n) is 9.34. The summed E-state index contributed by atoms with van der Waals surface area (Å²) in [5.41, 5.74) is 2.70. The van der Waals surface area contributed by atoms with Gasteiger partial charge in [0, 0.05) is 51.4 Å². The number of hydrogen-bond acceptors (Lipinski definition) is 5. The maximum atomic E-state index is 13.0. The first-order chi connectivity index (χ1) is 17.0. The van der Waals surface area contributed by atoms with Crippen LogP contribution in [0.25, 0.3) is 0 Å². The van der Waals surface area contributed by atoms with Crippen LogP contribution in [-0.2, 0) is 21.2 Å². The summed E-state index contributed by atoms with van der Waals surface area (Å²) in [6.07, 6.45) is 5.91. The fourth-order valence-corrected chi connectivity index (χ4v) is 6.36. The van der Waals surface area contributed by atoms with Gasteiger partial charge < -0.3 is 9.80 Å². The van der Waals surface area contributed by atoms with Gasteiger partial charge in [0.2, 0.25) is 15.9 Å². The quantitative estimate of drug-likeness (QED) is 0.610. The largest absolute Gasteiger partial charge is 0.370 e. The molecule has 4 rings (SSSR count). The number of nitriles is 1. The zero-order valence-electron chi connectivity index (χ0n) is 20.2. The molecule has 2 aliphatic heterocycles. The third kappa shape index (κ3) is 6.41. The van der Waals surface area contributed by atoms with Gasteiger partial charge in [-0.2, -0.15) is 9.57 Å². The van der Waals surface area contributed by atoms with E-state index in [1.165, 1.54) is 0 Å². The number of nitrogens with zero attached hydrogens (tertiary/aromatic N) is 4. The van der Waals surface area contributed by atoms with E-state index in [2.05, 4.69) is 11.0 Å². The second-order valence-corrected chi connectivity index (χ2v) is 11.3. The Labute approximate surface area is 209 Å². The highest BCUT2D eigenvalue weighted by Crippen LogP contribution is 2.22. The zero-order valence-corrected chi connectivity index (χ0v) is 21.0. The lowest BCUT2D eigenvalue weighted by molar-refractivity contribution is -0.130. The van der Waals surface area contributed by atoms with Gasteiger partial charge in [-0.15, -0.1) is 0 Å². The fraction of sp³-hybridized carbons (Fsp3) is 0.481. The lowest BCUT2D eigenvalue weighted by Crippen LogP contribution is -2.35. The summed E-state index contributed by atoms with van der Waals surface area (Å²) < 4.78 is 27.5. The minimum atomic E-state index is -3.45. The van der Waals surface area contributed by atoms with Crippen molar-refractivity contribution in [3.8, 4) is 6.07 Å². The summed E-state index contributed by atoms with van der Waals surface area (Å²) >= 11 is 0. The van der Waals surface area contributed by atoms with Gasteiger partial charge in [0.15, 0.2) is 0 Å². The molecule has 2 heterocycles. The molecule has 8 heteroatoms. The number of carbonyl (C=O) groups excluding carboxylic acids is 1. The monoisotopic (exact) mass is 494 g/mol. The minimum absolute atomic E-state index is 0.132. The van der Waals surface area contributed by atoms with Crippen LogP contribution in [-0.4, -0.2) is 62.8 Å². The van der Waals surface area contributed by atoms with Crippen LogP contribution in [0.1, 0.15) is 49.7 Å². The molecule has 7 nitrogen and oxygen atoms in total. The van der Waals surface area contributed by atoms with Crippen molar-refractivity contribution in [3.63, 3.8) is 0 Å². The summed E-state index contributed by atoms with van der Waals surface area (Å²) in [6, 6.07) is 16.8. The third-order valence-corrected chi connectivity index (χ3v) is 8.88. The molecule has 0 aliphatic carbocycles. The van der Waals surface area contributed by atoms with Gasteiger partial charge in [-0.1, -0.05) is 25.0 Å². The van der Waals surface area contributed by atoms with E-state index in [1.807, 2.05) is 41.3 Å². The number of sulfonamides is 1. The number of carbonyl (C=O) groups is 1. The van der Waals surface area contributed by atoms with E-state index in [1.54, 1.807) is 16.4 Å². The van der Waals surface area contributed by atoms with Crippen molar-refractivity contribution in [3.05, 3.63) is 59.7 Å². The number of benzene rings is 2. The fourth-order valence-electron chi connectivity index (χ4n) is 4.84. The Balaban J connectivity index is 1.29. The Kier molecular flexibility index (Phi) is 8.42. The number of anilines is 1. The Morgan fingerprint density at radius 1 is 0.800 bits per heavy atom. The lowest BCUT2D eigenvalue weighted by Gasteiger charge is -2.24. The van der Waals surface area contributed by atoms with Gasteiger partial charge >= 0.3 is 0 Å². The number of rotatable bonds is 6. The van der Waals surface area contributed by atoms with Crippen LogP contribution in [0.2, 0.25) is 0 Å². The van der Waals surface area contributed by atoms with E-state index < -0.39 is 10.0 Å². The molecule has 186 valence electrons. The van der Waals surface area contributed by atoms with Crippen LogP contribution < -0.4 is 4.90 Å². The summed E-state index contributed by atoms with van der Waals surface area (Å²) in [7, 11) is -3.45. The van der Waals surface area contributed by atoms with Crippen molar-refractivity contribution >= 4 is 21.6 Å². The molecule has 0 atom stereocenters. The van der Waals surface area contributed by atoms with Gasteiger partial charge in [-0.3, -0.25) is 4.79 Å². The van der Waals surface area contributed by atoms with Crippen molar-refractivity contribution in [2.75, 3.05) is 44.2 Å². The van der Waals surface area contributed by atoms with Crippen LogP contribution in [0.4, 0.5) is 5.69 Å². The van der Waals surface area contributed by atoms with Gasteiger partial charge in [0.05, 0.1) is 16.5 Å². The van der Waals surface area contributed by atoms with Crippen molar-refractivity contribution in [1.82, 2.24) is 9.21 Å². The predicted octanol–water partition coefficient (Wildman–Crippen LogP) is 3.79. The minimum Gasteiger partial charge on any atom is -0.370 e.